The van der Waals surface area contributed by atoms with Gasteiger partial charge in [-0.3, -0.25) is 4.79 Å². The van der Waals surface area contributed by atoms with Crippen LogP contribution in [0, 0.1) is 0 Å². The van der Waals surface area contributed by atoms with E-state index in [2.05, 4.69) is 5.32 Å². The Bertz CT molecular complexity index is 3220. The van der Waals surface area contributed by atoms with Gasteiger partial charge >= 0.3 is 5.97 Å². The molecule has 10 rings (SSSR count). The lowest BCUT2D eigenvalue weighted by Gasteiger charge is -2.50. The maximum Gasteiger partial charge on any atom is 0.336 e. The highest BCUT2D eigenvalue weighted by Crippen LogP contribution is 2.37. The standard InChI is InChI=1S/C69H69NO14/c1-74-54-36-38-55(39-37-54)81-68-60(70-66(71)56-34-20-21-35-57(56)67(72)73)63(78-43-51-28-14-5-15-29-51)62(59(82-68)47-76-41-49-24-10-3-11-25-49)84-69-65(80-45-53-32-18-7-19-33-53)64(79-44-52-30-16-6-17-31-52)61(77-42-50-26-12-4-13-27-50)58(83-69)46-75-40-48-22-8-2-9-23-48/h2-39,58-65,68-69H,40-47H2,1H3,(H,70,71)(H,72,73)/t58-,59-,60-,61+,62-,63-,64+,65-,68-,69+/m1/s1. The van der Waals surface area contributed by atoms with Crippen LogP contribution in [0.15, 0.2) is 231 Å². The zero-order valence-electron chi connectivity index (χ0n) is 46.6. The average Bonchev–Trinajstić information content (AvgIpc) is 3.49. The quantitative estimate of drug-likeness (QED) is 0.0475. The van der Waals surface area contributed by atoms with Gasteiger partial charge in [0.15, 0.2) is 6.29 Å². The second kappa shape index (κ2) is 30.5. The minimum absolute atomic E-state index is 0.0317. The van der Waals surface area contributed by atoms with Crippen LogP contribution in [0.25, 0.3) is 0 Å². The molecular formula is C69H69NO14. The van der Waals surface area contributed by atoms with Crippen LogP contribution in [-0.4, -0.2) is 98.7 Å². The van der Waals surface area contributed by atoms with Crippen molar-refractivity contribution in [3.05, 3.63) is 275 Å². The van der Waals surface area contributed by atoms with Crippen molar-refractivity contribution >= 4 is 11.9 Å². The van der Waals surface area contributed by atoms with Crippen molar-refractivity contribution < 1.29 is 66.8 Å². The first-order chi connectivity index (χ1) is 41.3. The Morgan fingerprint density at radius 3 is 1.23 bits per heavy atom. The molecule has 0 bridgehead atoms. The monoisotopic (exact) mass is 1140 g/mol. The summed E-state index contributed by atoms with van der Waals surface area (Å²) in [6, 6.07) is 70.4. The lowest BCUT2D eigenvalue weighted by atomic mass is 9.94. The van der Waals surface area contributed by atoms with E-state index in [1.54, 1.807) is 43.5 Å². The van der Waals surface area contributed by atoms with Gasteiger partial charge < -0.3 is 62.5 Å². The number of methoxy groups -OCH3 is 1. The molecule has 0 aliphatic carbocycles. The van der Waals surface area contributed by atoms with E-state index >= 15 is 0 Å². The number of hydrogen-bond donors (Lipinski definition) is 2. The topological polar surface area (TPSA) is 168 Å². The molecule has 8 aromatic rings. The number of carbonyl (C=O) groups excluding carboxylic acids is 1. The van der Waals surface area contributed by atoms with Gasteiger partial charge in [0.1, 0.15) is 60.3 Å². The molecule has 84 heavy (non-hydrogen) atoms. The Morgan fingerprint density at radius 2 is 0.774 bits per heavy atom. The first-order valence-electron chi connectivity index (χ1n) is 28.1. The van der Waals surface area contributed by atoms with Gasteiger partial charge in [-0.05, 0) is 69.8 Å². The van der Waals surface area contributed by atoms with E-state index in [0.29, 0.717) is 11.5 Å². The van der Waals surface area contributed by atoms with Crippen LogP contribution < -0.4 is 14.8 Å². The van der Waals surface area contributed by atoms with E-state index in [-0.39, 0.29) is 64.0 Å². The Labute approximate surface area is 489 Å². The van der Waals surface area contributed by atoms with Crippen molar-refractivity contribution in [3.63, 3.8) is 0 Å². The number of rotatable bonds is 28. The minimum Gasteiger partial charge on any atom is -0.497 e. The number of hydrogen-bond acceptors (Lipinski definition) is 13. The largest absolute Gasteiger partial charge is 0.497 e. The minimum atomic E-state index is -1.31. The van der Waals surface area contributed by atoms with Crippen LogP contribution in [0.4, 0.5) is 0 Å². The highest BCUT2D eigenvalue weighted by Gasteiger charge is 2.55. The van der Waals surface area contributed by atoms with Crippen LogP contribution >= 0.6 is 0 Å². The van der Waals surface area contributed by atoms with Crippen molar-refractivity contribution in [1.82, 2.24) is 5.32 Å². The summed E-state index contributed by atoms with van der Waals surface area (Å²) in [6.45, 7) is 0.993. The van der Waals surface area contributed by atoms with E-state index in [1.165, 1.54) is 12.1 Å². The van der Waals surface area contributed by atoms with Crippen LogP contribution in [0.1, 0.15) is 54.1 Å². The summed E-state index contributed by atoms with van der Waals surface area (Å²) in [5.41, 5.74) is 5.13. The lowest BCUT2D eigenvalue weighted by Crippen LogP contribution is -2.69. The predicted molar refractivity (Wildman–Crippen MR) is 313 cm³/mol. The lowest BCUT2D eigenvalue weighted by molar-refractivity contribution is -0.362. The van der Waals surface area contributed by atoms with Crippen LogP contribution in [-0.2, 0) is 82.3 Å². The predicted octanol–water partition coefficient (Wildman–Crippen LogP) is 11.2. The molecule has 15 heteroatoms. The molecule has 1 amide bonds. The molecule has 2 heterocycles. The van der Waals surface area contributed by atoms with E-state index < -0.39 is 73.2 Å². The molecule has 0 radical (unpaired) electrons. The summed E-state index contributed by atoms with van der Waals surface area (Å²) in [4.78, 5) is 27.6. The molecule has 15 nitrogen and oxygen atoms in total. The molecule has 10 atom stereocenters. The van der Waals surface area contributed by atoms with Gasteiger partial charge in [-0.15, -0.1) is 0 Å². The zero-order valence-corrected chi connectivity index (χ0v) is 46.6. The molecule has 434 valence electrons. The number of ether oxygens (including phenoxy) is 11. The number of aromatic carboxylic acids is 1. The highest BCUT2D eigenvalue weighted by atomic mass is 16.8. The Morgan fingerprint density at radius 1 is 0.405 bits per heavy atom. The van der Waals surface area contributed by atoms with Crippen molar-refractivity contribution in [2.45, 2.75) is 101 Å². The molecule has 0 spiro atoms. The third kappa shape index (κ3) is 16.4. The van der Waals surface area contributed by atoms with E-state index in [4.69, 9.17) is 52.1 Å². The number of benzene rings is 8. The molecule has 2 N–H and O–H groups in total. The van der Waals surface area contributed by atoms with Gasteiger partial charge in [0.05, 0.1) is 71.1 Å². The summed E-state index contributed by atoms with van der Waals surface area (Å²) in [5.74, 6) is -1.05. The summed E-state index contributed by atoms with van der Waals surface area (Å²) >= 11 is 0. The van der Waals surface area contributed by atoms with Crippen molar-refractivity contribution in [2.75, 3.05) is 20.3 Å². The Balaban J connectivity index is 1.09. The molecule has 2 saturated heterocycles. The van der Waals surface area contributed by atoms with Crippen molar-refractivity contribution in [1.29, 1.82) is 0 Å². The van der Waals surface area contributed by atoms with Gasteiger partial charge in [0.2, 0.25) is 6.29 Å². The number of amides is 1. The number of nitrogens with one attached hydrogen (secondary N) is 1. The highest BCUT2D eigenvalue weighted by molar-refractivity contribution is 6.04. The third-order valence-corrected chi connectivity index (χ3v) is 14.5. The first-order valence-corrected chi connectivity index (χ1v) is 28.1. The summed E-state index contributed by atoms with van der Waals surface area (Å²) in [7, 11) is 1.57. The normalized spacial score (nSPS) is 22.2. The molecule has 0 aromatic heterocycles. The fourth-order valence-electron chi connectivity index (χ4n) is 10.2. The summed E-state index contributed by atoms with van der Waals surface area (Å²) < 4.78 is 75.7. The second-order valence-electron chi connectivity index (χ2n) is 20.4. The molecular weight excluding hydrogens is 1070 g/mol. The zero-order chi connectivity index (χ0) is 57.7. The average molecular weight is 1140 g/mol. The number of carboxylic acid groups (broad SMARTS) is 1. The molecule has 0 unspecified atom stereocenters. The number of carbonyl (C=O) groups is 2. The van der Waals surface area contributed by atoms with E-state index in [1.807, 2.05) is 182 Å². The van der Waals surface area contributed by atoms with Crippen LogP contribution in [0.2, 0.25) is 0 Å². The maximum absolute atomic E-state index is 14.9. The maximum atomic E-state index is 14.9. The number of carboxylic acids is 1. The first kappa shape index (κ1) is 59.1. The third-order valence-electron chi connectivity index (χ3n) is 14.5. The molecule has 2 aliphatic rings. The smallest absolute Gasteiger partial charge is 0.336 e. The van der Waals surface area contributed by atoms with E-state index in [0.717, 1.165) is 33.4 Å². The molecule has 2 fully saturated rings. The second-order valence-corrected chi connectivity index (χ2v) is 20.4. The summed E-state index contributed by atoms with van der Waals surface area (Å²) in [6.07, 6.45) is -9.47. The Hall–Kier alpha value is -8.06. The van der Waals surface area contributed by atoms with E-state index in [9.17, 15) is 14.7 Å². The molecule has 0 saturated carbocycles. The SMILES string of the molecule is COc1ccc(O[C@@H]2O[C@H](COCc3ccccc3)[C@@H](O[C@@H]3O[C@H](COCc4ccccc4)[C@H](OCc4ccccc4)[C@H](OCc4ccccc4)[C@H]3OCc3ccccc3)[C@H](OCc3ccccc3)[C@H]2NC(=O)c2ccccc2C(=O)O)cc1. The van der Waals surface area contributed by atoms with Gasteiger partial charge in [-0.25, -0.2) is 4.79 Å². The van der Waals surface area contributed by atoms with Crippen LogP contribution in [0.5, 0.6) is 11.5 Å². The van der Waals surface area contributed by atoms with Gasteiger partial charge in [0, 0.05) is 0 Å². The van der Waals surface area contributed by atoms with Gasteiger partial charge in [-0.2, -0.15) is 0 Å². The fraction of sp³-hybridized carbons (Fsp3) is 0.275. The molecule has 2 aliphatic heterocycles. The Kier molecular flexibility index (Phi) is 21.4. The summed E-state index contributed by atoms with van der Waals surface area (Å²) in [5, 5.41) is 13.5. The molecule has 8 aromatic carbocycles. The van der Waals surface area contributed by atoms with Crippen molar-refractivity contribution in [2.24, 2.45) is 0 Å². The van der Waals surface area contributed by atoms with Gasteiger partial charge in [-0.1, -0.05) is 194 Å². The van der Waals surface area contributed by atoms with Gasteiger partial charge in [0.25, 0.3) is 5.91 Å². The van der Waals surface area contributed by atoms with Crippen molar-refractivity contribution in [3.8, 4) is 11.5 Å². The van der Waals surface area contributed by atoms with Crippen LogP contribution in [0.3, 0.4) is 0 Å². The fourth-order valence-corrected chi connectivity index (χ4v) is 10.2.